The first-order valence-electron chi connectivity index (χ1n) is 8.97. The summed E-state index contributed by atoms with van der Waals surface area (Å²) in [7, 11) is 0. The number of thiophene rings is 1. The summed E-state index contributed by atoms with van der Waals surface area (Å²) in [6, 6.07) is 13.1. The van der Waals surface area contributed by atoms with E-state index in [1.807, 2.05) is 24.3 Å². The Morgan fingerprint density at radius 2 is 2.00 bits per heavy atom. The molecule has 1 aliphatic carbocycles. The molecule has 7 heteroatoms. The second-order valence-electron chi connectivity index (χ2n) is 6.49. The van der Waals surface area contributed by atoms with Crippen molar-refractivity contribution in [2.45, 2.75) is 32.3 Å². The second-order valence-corrected chi connectivity index (χ2v) is 8.51. The predicted octanol–water partition coefficient (Wildman–Crippen LogP) is 5.69. The van der Waals surface area contributed by atoms with Crippen molar-refractivity contribution in [1.82, 2.24) is 0 Å². The number of hydrogen-bond donors (Lipinski definition) is 1. The zero-order valence-corrected chi connectivity index (χ0v) is 17.4. The van der Waals surface area contributed by atoms with Crippen molar-refractivity contribution in [2.75, 3.05) is 5.32 Å². The van der Waals surface area contributed by atoms with Gasteiger partial charge in [0.1, 0.15) is 29.2 Å². The van der Waals surface area contributed by atoms with E-state index in [1.54, 1.807) is 12.1 Å². The number of rotatable bonds is 5. The van der Waals surface area contributed by atoms with Crippen LogP contribution in [0.15, 0.2) is 45.3 Å². The molecular formula is C21H17BrN2O3S. The summed E-state index contributed by atoms with van der Waals surface area (Å²) in [6.07, 6.45) is 4.10. The highest BCUT2D eigenvalue weighted by Crippen LogP contribution is 2.37. The molecule has 0 radical (unpaired) electrons. The highest BCUT2D eigenvalue weighted by Gasteiger charge is 2.23. The maximum atomic E-state index is 12.6. The van der Waals surface area contributed by atoms with E-state index < -0.39 is 0 Å². The number of carbonyl (C=O) groups excluding carboxylic acids is 1. The van der Waals surface area contributed by atoms with Crippen molar-refractivity contribution in [3.63, 3.8) is 0 Å². The molecule has 0 saturated heterocycles. The minimum Gasteiger partial charge on any atom is -0.486 e. The number of fused-ring (bicyclic) bond motifs is 1. The van der Waals surface area contributed by atoms with Crippen LogP contribution in [0.3, 0.4) is 0 Å². The van der Waals surface area contributed by atoms with Crippen molar-refractivity contribution in [2.24, 2.45) is 0 Å². The molecule has 4 rings (SSSR count). The standard InChI is InChI=1S/C21H17BrN2O3S/c22-13-5-7-14(8-6-13)26-12-15-9-10-18(27-15)20(25)24-21-17(11-23)16-3-1-2-4-19(16)28-21/h5-10H,1-4,12H2,(H,24,25). The van der Waals surface area contributed by atoms with Crippen LogP contribution in [0, 0.1) is 11.3 Å². The van der Waals surface area contributed by atoms with E-state index in [0.717, 1.165) is 35.7 Å². The Labute approximate surface area is 175 Å². The van der Waals surface area contributed by atoms with Gasteiger partial charge in [-0.1, -0.05) is 15.9 Å². The smallest absolute Gasteiger partial charge is 0.292 e. The van der Waals surface area contributed by atoms with E-state index in [9.17, 15) is 10.1 Å². The molecule has 1 aliphatic rings. The predicted molar refractivity (Wildman–Crippen MR) is 111 cm³/mol. The zero-order chi connectivity index (χ0) is 19.5. The molecule has 0 saturated carbocycles. The van der Waals surface area contributed by atoms with Gasteiger partial charge in [0.05, 0.1) is 5.56 Å². The Morgan fingerprint density at radius 3 is 2.79 bits per heavy atom. The number of amides is 1. The molecule has 0 unspecified atom stereocenters. The third-order valence-corrected chi connectivity index (χ3v) is 6.33. The first kappa shape index (κ1) is 18.8. The molecule has 1 N–H and O–H groups in total. The van der Waals surface area contributed by atoms with Crippen molar-refractivity contribution >= 4 is 38.2 Å². The number of anilines is 1. The normalized spacial score (nSPS) is 12.9. The number of hydrogen-bond acceptors (Lipinski definition) is 5. The number of nitrogens with one attached hydrogen (secondary N) is 1. The van der Waals surface area contributed by atoms with Crippen LogP contribution < -0.4 is 10.1 Å². The van der Waals surface area contributed by atoms with Gasteiger partial charge in [0.2, 0.25) is 0 Å². The first-order chi connectivity index (χ1) is 13.6. The Morgan fingerprint density at radius 1 is 1.21 bits per heavy atom. The summed E-state index contributed by atoms with van der Waals surface area (Å²) in [5.74, 6) is 1.11. The van der Waals surface area contributed by atoms with Gasteiger partial charge in [0.15, 0.2) is 5.76 Å². The Bertz CT molecular complexity index is 1050. The third-order valence-electron chi connectivity index (χ3n) is 4.59. The van der Waals surface area contributed by atoms with E-state index in [1.165, 1.54) is 16.2 Å². The Balaban J connectivity index is 1.43. The van der Waals surface area contributed by atoms with Crippen molar-refractivity contribution in [3.8, 4) is 11.8 Å². The molecule has 5 nitrogen and oxygen atoms in total. The van der Waals surface area contributed by atoms with Crippen molar-refractivity contribution in [3.05, 3.63) is 68.4 Å². The molecule has 2 heterocycles. The summed E-state index contributed by atoms with van der Waals surface area (Å²) in [4.78, 5) is 13.8. The Hall–Kier alpha value is -2.56. The molecule has 0 fully saturated rings. The van der Waals surface area contributed by atoms with Crippen LogP contribution in [-0.4, -0.2) is 5.91 Å². The maximum absolute atomic E-state index is 12.6. The van der Waals surface area contributed by atoms with Gasteiger partial charge >= 0.3 is 0 Å². The van der Waals surface area contributed by atoms with Crippen LogP contribution in [0.2, 0.25) is 0 Å². The van der Waals surface area contributed by atoms with Gasteiger partial charge in [0, 0.05) is 9.35 Å². The van der Waals surface area contributed by atoms with Crippen LogP contribution in [0.5, 0.6) is 5.75 Å². The number of nitrogens with zero attached hydrogens (tertiary/aromatic N) is 1. The van der Waals surface area contributed by atoms with Gasteiger partial charge in [-0.25, -0.2) is 0 Å². The molecular weight excluding hydrogens is 440 g/mol. The molecule has 28 heavy (non-hydrogen) atoms. The molecule has 0 atom stereocenters. The van der Waals surface area contributed by atoms with Gasteiger partial charge in [-0.15, -0.1) is 11.3 Å². The average Bonchev–Trinajstić information content (AvgIpc) is 3.31. The maximum Gasteiger partial charge on any atom is 0.292 e. The number of aryl methyl sites for hydroxylation is 1. The number of ether oxygens (including phenoxy) is 1. The highest BCUT2D eigenvalue weighted by molar-refractivity contribution is 9.10. The number of furan rings is 1. The van der Waals surface area contributed by atoms with E-state index in [4.69, 9.17) is 9.15 Å². The number of nitriles is 1. The zero-order valence-electron chi connectivity index (χ0n) is 15.0. The van der Waals surface area contributed by atoms with E-state index in [2.05, 4.69) is 27.3 Å². The molecule has 2 aromatic heterocycles. The van der Waals surface area contributed by atoms with Gasteiger partial charge in [-0.2, -0.15) is 5.26 Å². The quantitative estimate of drug-likeness (QED) is 0.535. The lowest BCUT2D eigenvalue weighted by atomic mass is 9.96. The lowest BCUT2D eigenvalue weighted by Gasteiger charge is -2.09. The number of carbonyl (C=O) groups is 1. The van der Waals surface area contributed by atoms with E-state index in [0.29, 0.717) is 22.1 Å². The minimum absolute atomic E-state index is 0.199. The van der Waals surface area contributed by atoms with Crippen LogP contribution in [0.25, 0.3) is 0 Å². The van der Waals surface area contributed by atoms with Crippen molar-refractivity contribution in [1.29, 1.82) is 5.26 Å². The molecule has 3 aromatic rings. The largest absolute Gasteiger partial charge is 0.486 e. The lowest BCUT2D eigenvalue weighted by Crippen LogP contribution is -2.11. The number of halogens is 1. The minimum atomic E-state index is -0.356. The molecule has 0 spiro atoms. The van der Waals surface area contributed by atoms with Gasteiger partial charge in [-0.3, -0.25) is 4.79 Å². The van der Waals surface area contributed by atoms with Gasteiger partial charge < -0.3 is 14.5 Å². The highest BCUT2D eigenvalue weighted by atomic mass is 79.9. The van der Waals surface area contributed by atoms with Crippen LogP contribution in [0.4, 0.5) is 5.00 Å². The Kier molecular flexibility index (Phi) is 5.51. The summed E-state index contributed by atoms with van der Waals surface area (Å²) >= 11 is 4.88. The fourth-order valence-electron chi connectivity index (χ4n) is 3.20. The first-order valence-corrected chi connectivity index (χ1v) is 10.6. The SMILES string of the molecule is N#Cc1c(NC(=O)c2ccc(COc3ccc(Br)cc3)o2)sc2c1CCCC2. The van der Waals surface area contributed by atoms with Gasteiger partial charge in [-0.05, 0) is 67.6 Å². The van der Waals surface area contributed by atoms with Gasteiger partial charge in [0.25, 0.3) is 5.91 Å². The van der Waals surface area contributed by atoms with Crippen molar-refractivity contribution < 1.29 is 13.9 Å². The number of benzene rings is 1. The second kappa shape index (κ2) is 8.21. The van der Waals surface area contributed by atoms with Crippen LogP contribution in [-0.2, 0) is 19.4 Å². The fraction of sp³-hybridized carbons (Fsp3) is 0.238. The summed E-state index contributed by atoms with van der Waals surface area (Å²) in [6.45, 7) is 0.228. The average molecular weight is 457 g/mol. The molecule has 1 amide bonds. The van der Waals surface area contributed by atoms with E-state index >= 15 is 0 Å². The summed E-state index contributed by atoms with van der Waals surface area (Å²) in [5, 5.41) is 13.0. The monoisotopic (exact) mass is 456 g/mol. The summed E-state index contributed by atoms with van der Waals surface area (Å²) < 4.78 is 12.3. The molecule has 1 aromatic carbocycles. The topological polar surface area (TPSA) is 75.3 Å². The van der Waals surface area contributed by atoms with Crippen LogP contribution in [0.1, 0.15) is 45.2 Å². The van der Waals surface area contributed by atoms with E-state index in [-0.39, 0.29) is 18.3 Å². The molecule has 0 bridgehead atoms. The third kappa shape index (κ3) is 3.98. The molecule has 0 aliphatic heterocycles. The lowest BCUT2D eigenvalue weighted by molar-refractivity contribution is 0.0993. The molecule has 142 valence electrons. The van der Waals surface area contributed by atoms with Crippen LogP contribution >= 0.6 is 27.3 Å². The summed E-state index contributed by atoms with van der Waals surface area (Å²) in [5.41, 5.74) is 1.69. The fourth-order valence-corrected chi connectivity index (χ4v) is 4.70.